The van der Waals surface area contributed by atoms with E-state index >= 15 is 0 Å². The van der Waals surface area contributed by atoms with Gasteiger partial charge in [0.1, 0.15) is 11.5 Å². The molecule has 0 saturated carbocycles. The molecule has 0 radical (unpaired) electrons. The van der Waals surface area contributed by atoms with Crippen molar-refractivity contribution in [2.75, 3.05) is 14.2 Å². The maximum absolute atomic E-state index is 5.58. The molecule has 0 N–H and O–H groups in total. The molecule has 0 aliphatic heterocycles. The van der Waals surface area contributed by atoms with Crippen LogP contribution in [-0.4, -0.2) is 14.2 Å². The number of benzene rings is 2. The zero-order chi connectivity index (χ0) is 15.7. The average molecular weight is 426 g/mol. The third-order valence-electron chi connectivity index (χ3n) is 4.23. The smallest absolute Gasteiger partial charge is 0.122 e. The van der Waals surface area contributed by atoms with Crippen LogP contribution in [0.1, 0.15) is 22.3 Å². The SMILES string of the molecule is COc1cc2c(Br)cc1CCc1cc(OC)c(cc1Br)CC2. The molecule has 4 heteroatoms. The van der Waals surface area contributed by atoms with Gasteiger partial charge in [-0.05, 0) is 72.2 Å². The molecule has 2 nitrogen and oxygen atoms in total. The highest BCUT2D eigenvalue weighted by atomic mass is 79.9. The van der Waals surface area contributed by atoms with E-state index in [1.54, 1.807) is 14.2 Å². The Labute approximate surface area is 148 Å². The third-order valence-corrected chi connectivity index (χ3v) is 5.70. The Bertz CT molecular complexity index is 649. The maximum Gasteiger partial charge on any atom is 0.122 e. The highest BCUT2D eigenvalue weighted by Gasteiger charge is 2.15. The fraction of sp³-hybridized carbons (Fsp3) is 0.333. The van der Waals surface area contributed by atoms with Gasteiger partial charge in [0, 0.05) is 8.95 Å². The number of hydrogen-bond acceptors (Lipinski definition) is 2. The number of rotatable bonds is 2. The first-order valence-corrected chi connectivity index (χ1v) is 8.91. The van der Waals surface area contributed by atoms with E-state index in [0.29, 0.717) is 0 Å². The molecule has 0 heterocycles. The molecule has 0 saturated heterocycles. The van der Waals surface area contributed by atoms with Crippen LogP contribution in [0.4, 0.5) is 0 Å². The van der Waals surface area contributed by atoms with Crippen LogP contribution < -0.4 is 9.47 Å². The van der Waals surface area contributed by atoms with Crippen LogP contribution in [0.15, 0.2) is 33.2 Å². The lowest BCUT2D eigenvalue weighted by molar-refractivity contribution is 0.406. The van der Waals surface area contributed by atoms with E-state index in [9.17, 15) is 0 Å². The number of methoxy groups -OCH3 is 2. The summed E-state index contributed by atoms with van der Waals surface area (Å²) < 4.78 is 13.5. The Hall–Kier alpha value is -1.00. The Morgan fingerprint density at radius 1 is 0.636 bits per heavy atom. The van der Waals surface area contributed by atoms with Gasteiger partial charge in [0.05, 0.1) is 14.2 Å². The first-order chi connectivity index (χ1) is 10.6. The fourth-order valence-corrected chi connectivity index (χ4v) is 4.14. The Morgan fingerprint density at radius 3 is 1.36 bits per heavy atom. The summed E-state index contributed by atoms with van der Waals surface area (Å²) in [6, 6.07) is 8.73. The minimum atomic E-state index is 0.934. The van der Waals surface area contributed by atoms with Crippen LogP contribution in [0.25, 0.3) is 0 Å². The zero-order valence-corrected chi connectivity index (χ0v) is 15.9. The number of aryl methyl sites for hydroxylation is 4. The van der Waals surface area contributed by atoms with Crippen molar-refractivity contribution >= 4 is 31.9 Å². The highest BCUT2D eigenvalue weighted by molar-refractivity contribution is 9.10. The van der Waals surface area contributed by atoms with Crippen molar-refractivity contribution < 1.29 is 9.47 Å². The second kappa shape index (κ2) is 6.63. The van der Waals surface area contributed by atoms with Gasteiger partial charge < -0.3 is 9.47 Å². The Morgan fingerprint density at radius 2 is 1.00 bits per heavy atom. The minimum Gasteiger partial charge on any atom is -0.496 e. The van der Waals surface area contributed by atoms with E-state index in [1.165, 1.54) is 22.3 Å². The maximum atomic E-state index is 5.58. The van der Waals surface area contributed by atoms with Gasteiger partial charge in [-0.25, -0.2) is 0 Å². The first-order valence-electron chi connectivity index (χ1n) is 7.33. The third kappa shape index (κ3) is 3.04. The Kier molecular flexibility index (Phi) is 4.79. The zero-order valence-electron chi connectivity index (χ0n) is 12.7. The molecule has 4 aliphatic rings. The van der Waals surface area contributed by atoms with Gasteiger partial charge in [0.25, 0.3) is 0 Å². The van der Waals surface area contributed by atoms with E-state index < -0.39 is 0 Å². The molecule has 0 aromatic heterocycles. The fourth-order valence-electron chi connectivity index (χ4n) is 2.97. The minimum absolute atomic E-state index is 0.934. The van der Waals surface area contributed by atoms with Crippen molar-refractivity contribution in [3.8, 4) is 11.5 Å². The normalized spacial score (nSPS) is 13.6. The lowest BCUT2D eigenvalue weighted by Crippen LogP contribution is -2.04. The molecular weight excluding hydrogens is 408 g/mol. The van der Waals surface area contributed by atoms with Crippen molar-refractivity contribution in [1.82, 2.24) is 0 Å². The van der Waals surface area contributed by atoms with Crippen LogP contribution in [0.5, 0.6) is 11.5 Å². The van der Waals surface area contributed by atoms with E-state index in [1.807, 2.05) is 0 Å². The van der Waals surface area contributed by atoms with Crippen LogP contribution in [0, 0.1) is 0 Å². The second-order valence-electron chi connectivity index (χ2n) is 5.51. The van der Waals surface area contributed by atoms with E-state index in [-0.39, 0.29) is 0 Å². The molecule has 0 fully saturated rings. The van der Waals surface area contributed by atoms with Gasteiger partial charge in [0.2, 0.25) is 0 Å². The van der Waals surface area contributed by atoms with Crippen molar-refractivity contribution in [3.63, 3.8) is 0 Å². The average Bonchev–Trinajstić information content (AvgIpc) is 2.51. The molecule has 2 aromatic rings. The van der Waals surface area contributed by atoms with Gasteiger partial charge >= 0.3 is 0 Å². The molecule has 4 aliphatic carbocycles. The number of halogens is 2. The molecule has 4 bridgehead atoms. The van der Waals surface area contributed by atoms with E-state index in [2.05, 4.69) is 56.1 Å². The van der Waals surface area contributed by atoms with Crippen LogP contribution >= 0.6 is 31.9 Å². The molecule has 0 spiro atoms. The molecule has 0 unspecified atom stereocenters. The summed E-state index contributed by atoms with van der Waals surface area (Å²) in [5.74, 6) is 1.97. The monoisotopic (exact) mass is 424 g/mol. The lowest BCUT2D eigenvalue weighted by atomic mass is 9.95. The van der Waals surface area contributed by atoms with Crippen molar-refractivity contribution in [2.45, 2.75) is 25.7 Å². The molecule has 0 atom stereocenters. The molecular formula is C18H18Br2O2. The summed E-state index contributed by atoms with van der Waals surface area (Å²) in [6.45, 7) is 0. The topological polar surface area (TPSA) is 18.5 Å². The van der Waals surface area contributed by atoms with Gasteiger partial charge in [-0.2, -0.15) is 0 Å². The predicted octanol–water partition coefficient (Wildman–Crippen LogP) is 5.11. The van der Waals surface area contributed by atoms with Crippen LogP contribution in [0.2, 0.25) is 0 Å². The summed E-state index contributed by atoms with van der Waals surface area (Å²) >= 11 is 7.41. The largest absolute Gasteiger partial charge is 0.496 e. The second-order valence-corrected chi connectivity index (χ2v) is 7.22. The van der Waals surface area contributed by atoms with Crippen molar-refractivity contribution in [3.05, 3.63) is 55.5 Å². The van der Waals surface area contributed by atoms with Crippen molar-refractivity contribution in [2.24, 2.45) is 0 Å². The van der Waals surface area contributed by atoms with Gasteiger partial charge in [-0.15, -0.1) is 0 Å². The molecule has 116 valence electrons. The van der Waals surface area contributed by atoms with Gasteiger partial charge in [-0.3, -0.25) is 0 Å². The summed E-state index contributed by atoms with van der Waals surface area (Å²) in [5.41, 5.74) is 4.99. The first kappa shape index (κ1) is 15.9. The molecule has 2 aromatic carbocycles. The molecule has 22 heavy (non-hydrogen) atoms. The van der Waals surface area contributed by atoms with E-state index in [0.717, 1.165) is 46.1 Å². The lowest BCUT2D eigenvalue weighted by Gasteiger charge is -2.18. The van der Waals surface area contributed by atoms with E-state index in [4.69, 9.17) is 9.47 Å². The summed E-state index contributed by atoms with van der Waals surface area (Å²) in [7, 11) is 3.49. The molecule has 6 rings (SSSR count). The summed E-state index contributed by atoms with van der Waals surface area (Å²) in [4.78, 5) is 0. The predicted molar refractivity (Wildman–Crippen MR) is 96.2 cm³/mol. The Balaban J connectivity index is 2.10. The van der Waals surface area contributed by atoms with Crippen LogP contribution in [0.3, 0.4) is 0 Å². The molecule has 0 amide bonds. The standard InChI is InChI=1S/C18H18Br2O2/c1-21-17-9-11-4-6-14-8-16(20)12(10-18(14)22-2)3-5-13(17)7-15(11)19/h7-10H,3-6H2,1-2H3. The summed E-state index contributed by atoms with van der Waals surface area (Å²) in [6.07, 6.45) is 3.76. The number of ether oxygens (including phenoxy) is 2. The van der Waals surface area contributed by atoms with Gasteiger partial charge in [0.15, 0.2) is 0 Å². The summed E-state index contributed by atoms with van der Waals surface area (Å²) in [5, 5.41) is 0. The van der Waals surface area contributed by atoms with Crippen molar-refractivity contribution in [1.29, 1.82) is 0 Å². The van der Waals surface area contributed by atoms with Gasteiger partial charge in [-0.1, -0.05) is 31.9 Å². The number of hydrogen-bond donors (Lipinski definition) is 0. The quantitative estimate of drug-likeness (QED) is 0.665. The highest BCUT2D eigenvalue weighted by Crippen LogP contribution is 2.34. The van der Waals surface area contributed by atoms with Crippen LogP contribution in [-0.2, 0) is 25.7 Å².